The summed E-state index contributed by atoms with van der Waals surface area (Å²) >= 11 is 3.61. The van der Waals surface area contributed by atoms with Crippen molar-refractivity contribution < 1.29 is 14.3 Å². The molecule has 1 unspecified atom stereocenters. The highest BCUT2D eigenvalue weighted by atomic mass is 79.9. The van der Waals surface area contributed by atoms with Gasteiger partial charge in [0.2, 0.25) is 5.91 Å². The fraction of sp³-hybridized carbons (Fsp3) is 0.350. The van der Waals surface area contributed by atoms with Crippen LogP contribution in [0.2, 0.25) is 0 Å². The fourth-order valence-electron chi connectivity index (χ4n) is 3.37. The standard InChI is InChI=1S/C20H22BrNO3/c1-4-22-17-9-7-6-8-14(17)15(20(22)23)10-13-11-19(25-5-2)18(24-3)12-16(13)21/h6-9,11-12,15H,4-5,10H2,1-3H3. The first kappa shape index (κ1) is 17.8. The van der Waals surface area contributed by atoms with Crippen LogP contribution in [0.1, 0.15) is 30.9 Å². The van der Waals surface area contributed by atoms with Crippen LogP contribution in [0.15, 0.2) is 40.9 Å². The van der Waals surface area contributed by atoms with Crippen molar-refractivity contribution in [2.45, 2.75) is 26.2 Å². The number of fused-ring (bicyclic) bond motifs is 1. The highest BCUT2D eigenvalue weighted by Crippen LogP contribution is 2.41. The average Bonchev–Trinajstić information content (AvgIpc) is 2.89. The van der Waals surface area contributed by atoms with Crippen LogP contribution in [0.4, 0.5) is 5.69 Å². The Morgan fingerprint density at radius 1 is 1.16 bits per heavy atom. The second-order valence-electron chi connectivity index (χ2n) is 5.93. The van der Waals surface area contributed by atoms with Crippen LogP contribution in [0.5, 0.6) is 11.5 Å². The number of methoxy groups -OCH3 is 1. The van der Waals surface area contributed by atoms with Crippen molar-refractivity contribution in [2.75, 3.05) is 25.2 Å². The van der Waals surface area contributed by atoms with Crippen LogP contribution in [-0.2, 0) is 11.2 Å². The maximum absolute atomic E-state index is 12.9. The van der Waals surface area contributed by atoms with Crippen molar-refractivity contribution in [3.8, 4) is 11.5 Å². The summed E-state index contributed by atoms with van der Waals surface area (Å²) < 4.78 is 12.0. The van der Waals surface area contributed by atoms with E-state index < -0.39 is 0 Å². The van der Waals surface area contributed by atoms with Crippen LogP contribution in [0.25, 0.3) is 0 Å². The molecule has 0 radical (unpaired) electrons. The number of para-hydroxylation sites is 1. The minimum Gasteiger partial charge on any atom is -0.493 e. The van der Waals surface area contributed by atoms with Gasteiger partial charge in [0.1, 0.15) is 0 Å². The molecule has 1 aliphatic rings. The number of amides is 1. The predicted octanol–water partition coefficient (Wildman–Crippen LogP) is 4.55. The van der Waals surface area contributed by atoms with E-state index in [2.05, 4.69) is 22.0 Å². The number of carbonyl (C=O) groups is 1. The molecule has 1 heterocycles. The molecule has 0 spiro atoms. The Balaban J connectivity index is 1.97. The molecule has 0 saturated carbocycles. The molecule has 1 atom stereocenters. The summed E-state index contributed by atoms with van der Waals surface area (Å²) in [6.07, 6.45) is 0.622. The topological polar surface area (TPSA) is 38.8 Å². The quantitative estimate of drug-likeness (QED) is 0.709. The Morgan fingerprint density at radius 2 is 1.92 bits per heavy atom. The van der Waals surface area contributed by atoms with Crippen LogP contribution < -0.4 is 14.4 Å². The normalized spacial score (nSPS) is 16.1. The second-order valence-corrected chi connectivity index (χ2v) is 6.78. The zero-order valence-corrected chi connectivity index (χ0v) is 16.3. The van der Waals surface area contributed by atoms with Gasteiger partial charge in [-0.1, -0.05) is 34.1 Å². The van der Waals surface area contributed by atoms with E-state index in [-0.39, 0.29) is 11.8 Å². The van der Waals surface area contributed by atoms with Gasteiger partial charge in [-0.15, -0.1) is 0 Å². The highest BCUT2D eigenvalue weighted by Gasteiger charge is 2.36. The first-order chi connectivity index (χ1) is 12.1. The first-order valence-electron chi connectivity index (χ1n) is 8.50. The van der Waals surface area contributed by atoms with Crippen LogP contribution in [0.3, 0.4) is 0 Å². The lowest BCUT2D eigenvalue weighted by atomic mass is 9.93. The van der Waals surface area contributed by atoms with Gasteiger partial charge >= 0.3 is 0 Å². The minimum atomic E-state index is -0.171. The van der Waals surface area contributed by atoms with Gasteiger partial charge in [-0.05, 0) is 49.6 Å². The molecule has 5 heteroatoms. The smallest absolute Gasteiger partial charge is 0.234 e. The van der Waals surface area contributed by atoms with Gasteiger partial charge in [0.25, 0.3) is 0 Å². The summed E-state index contributed by atoms with van der Waals surface area (Å²) in [5.74, 6) is 1.37. The number of nitrogens with zero attached hydrogens (tertiary/aromatic N) is 1. The molecular formula is C20H22BrNO3. The van der Waals surface area contributed by atoms with Gasteiger partial charge in [-0.3, -0.25) is 4.79 Å². The van der Waals surface area contributed by atoms with Crippen molar-refractivity contribution in [1.82, 2.24) is 0 Å². The van der Waals surface area contributed by atoms with Crippen molar-refractivity contribution in [2.24, 2.45) is 0 Å². The van der Waals surface area contributed by atoms with Crippen molar-refractivity contribution >= 4 is 27.5 Å². The van der Waals surface area contributed by atoms with Crippen LogP contribution in [-0.4, -0.2) is 26.2 Å². The maximum Gasteiger partial charge on any atom is 0.234 e. The Labute approximate surface area is 156 Å². The third kappa shape index (κ3) is 3.25. The zero-order chi connectivity index (χ0) is 18.0. The zero-order valence-electron chi connectivity index (χ0n) is 14.7. The molecule has 0 aliphatic carbocycles. The van der Waals surface area contributed by atoms with E-state index in [1.165, 1.54) is 0 Å². The number of rotatable bonds is 6. The van der Waals surface area contributed by atoms with Crippen molar-refractivity contribution in [3.63, 3.8) is 0 Å². The highest BCUT2D eigenvalue weighted by molar-refractivity contribution is 9.10. The number of hydrogen-bond donors (Lipinski definition) is 0. The third-order valence-electron chi connectivity index (χ3n) is 4.54. The lowest BCUT2D eigenvalue weighted by Crippen LogP contribution is -2.29. The van der Waals surface area contributed by atoms with E-state index in [1.807, 2.05) is 49.1 Å². The summed E-state index contributed by atoms with van der Waals surface area (Å²) in [7, 11) is 1.62. The van der Waals surface area contributed by atoms with Crippen LogP contribution in [0, 0.1) is 0 Å². The van der Waals surface area contributed by atoms with E-state index in [9.17, 15) is 4.79 Å². The molecule has 0 bridgehead atoms. The van der Waals surface area contributed by atoms with Gasteiger partial charge in [-0.2, -0.15) is 0 Å². The Kier molecular flexibility index (Phi) is 5.33. The third-order valence-corrected chi connectivity index (χ3v) is 5.28. The van der Waals surface area contributed by atoms with Gasteiger partial charge in [0.05, 0.1) is 19.6 Å². The number of benzene rings is 2. The van der Waals surface area contributed by atoms with E-state index in [1.54, 1.807) is 7.11 Å². The van der Waals surface area contributed by atoms with Gasteiger partial charge in [-0.25, -0.2) is 0 Å². The maximum atomic E-state index is 12.9. The Bertz CT molecular complexity index is 791. The number of hydrogen-bond acceptors (Lipinski definition) is 3. The summed E-state index contributed by atoms with van der Waals surface area (Å²) in [5, 5.41) is 0. The molecule has 1 amide bonds. The number of carbonyl (C=O) groups excluding carboxylic acids is 1. The van der Waals surface area contributed by atoms with Gasteiger partial charge < -0.3 is 14.4 Å². The van der Waals surface area contributed by atoms with Crippen molar-refractivity contribution in [3.05, 3.63) is 52.0 Å². The lowest BCUT2D eigenvalue weighted by Gasteiger charge is -2.17. The Hall–Kier alpha value is -2.01. The molecule has 0 aromatic heterocycles. The Morgan fingerprint density at radius 3 is 2.60 bits per heavy atom. The van der Waals surface area contributed by atoms with E-state index >= 15 is 0 Å². The molecule has 2 aromatic carbocycles. The SMILES string of the molecule is CCOc1cc(CC2C(=O)N(CC)c3ccccc32)c(Br)cc1OC. The fourth-order valence-corrected chi connectivity index (χ4v) is 3.86. The summed E-state index contributed by atoms with van der Waals surface area (Å²) in [5.41, 5.74) is 3.15. The molecule has 0 fully saturated rings. The molecule has 3 rings (SSSR count). The van der Waals surface area contributed by atoms with Crippen LogP contribution >= 0.6 is 15.9 Å². The summed E-state index contributed by atoms with van der Waals surface area (Å²) in [6, 6.07) is 11.9. The minimum absolute atomic E-state index is 0.157. The molecular weight excluding hydrogens is 382 g/mol. The second kappa shape index (κ2) is 7.48. The van der Waals surface area contributed by atoms with Gasteiger partial charge in [0, 0.05) is 16.7 Å². The number of likely N-dealkylation sites (N-methyl/N-ethyl adjacent to an activating group) is 1. The number of halogens is 1. The molecule has 132 valence electrons. The largest absolute Gasteiger partial charge is 0.493 e. The molecule has 0 saturated heterocycles. The average molecular weight is 404 g/mol. The van der Waals surface area contributed by atoms with E-state index in [0.717, 1.165) is 21.3 Å². The molecule has 4 nitrogen and oxygen atoms in total. The molecule has 1 aliphatic heterocycles. The lowest BCUT2D eigenvalue weighted by molar-refractivity contribution is -0.119. The van der Waals surface area contributed by atoms with E-state index in [4.69, 9.17) is 9.47 Å². The van der Waals surface area contributed by atoms with Gasteiger partial charge in [0.15, 0.2) is 11.5 Å². The summed E-state index contributed by atoms with van der Waals surface area (Å²) in [4.78, 5) is 14.8. The first-order valence-corrected chi connectivity index (χ1v) is 9.29. The molecule has 25 heavy (non-hydrogen) atoms. The van der Waals surface area contributed by atoms with E-state index in [0.29, 0.717) is 31.1 Å². The molecule has 2 aromatic rings. The van der Waals surface area contributed by atoms with Crippen molar-refractivity contribution in [1.29, 1.82) is 0 Å². The predicted molar refractivity (Wildman–Crippen MR) is 103 cm³/mol. The summed E-state index contributed by atoms with van der Waals surface area (Å²) in [6.45, 7) is 5.19. The number of anilines is 1. The molecule has 0 N–H and O–H groups in total. The number of ether oxygens (including phenoxy) is 2. The monoisotopic (exact) mass is 403 g/mol.